The van der Waals surface area contributed by atoms with Crippen LogP contribution in [0, 0.1) is 0 Å². The standard InChI is InChI=1S/C14H15ClN2O2/c1-18-12-5-4-9(7-10(12)15)13-8-17-14(19-13)11-3-2-6-16-11/h4-5,7-8,11,16H,2-3,6H2,1H3. The molecule has 19 heavy (non-hydrogen) atoms. The predicted molar refractivity (Wildman–Crippen MR) is 73.5 cm³/mol. The van der Waals surface area contributed by atoms with Gasteiger partial charge in [-0.15, -0.1) is 0 Å². The van der Waals surface area contributed by atoms with Gasteiger partial charge in [-0.25, -0.2) is 4.98 Å². The maximum atomic E-state index is 6.11. The molecule has 2 aromatic rings. The number of methoxy groups -OCH3 is 1. The van der Waals surface area contributed by atoms with Crippen LogP contribution in [0.3, 0.4) is 0 Å². The number of nitrogens with zero attached hydrogens (tertiary/aromatic N) is 1. The Bertz CT molecular complexity index is 577. The van der Waals surface area contributed by atoms with Gasteiger partial charge in [-0.2, -0.15) is 0 Å². The number of halogens is 1. The number of ether oxygens (including phenoxy) is 1. The van der Waals surface area contributed by atoms with Gasteiger partial charge in [0.05, 0.1) is 24.4 Å². The summed E-state index contributed by atoms with van der Waals surface area (Å²) in [4.78, 5) is 4.34. The molecule has 3 rings (SSSR count). The zero-order chi connectivity index (χ0) is 13.2. The van der Waals surface area contributed by atoms with Crippen LogP contribution in [-0.4, -0.2) is 18.6 Å². The molecule has 2 heterocycles. The largest absolute Gasteiger partial charge is 0.495 e. The van der Waals surface area contributed by atoms with Gasteiger partial charge in [-0.3, -0.25) is 0 Å². The summed E-state index contributed by atoms with van der Waals surface area (Å²) in [5.74, 6) is 2.13. The molecule has 1 fully saturated rings. The van der Waals surface area contributed by atoms with E-state index in [-0.39, 0.29) is 6.04 Å². The summed E-state index contributed by atoms with van der Waals surface area (Å²) in [5.41, 5.74) is 0.905. The van der Waals surface area contributed by atoms with E-state index in [0.29, 0.717) is 10.8 Å². The van der Waals surface area contributed by atoms with Crippen LogP contribution in [-0.2, 0) is 0 Å². The maximum absolute atomic E-state index is 6.11. The fraction of sp³-hybridized carbons (Fsp3) is 0.357. The maximum Gasteiger partial charge on any atom is 0.212 e. The molecule has 1 atom stereocenters. The Morgan fingerprint density at radius 1 is 1.47 bits per heavy atom. The van der Waals surface area contributed by atoms with Gasteiger partial charge in [-0.05, 0) is 37.6 Å². The molecule has 1 unspecified atom stereocenters. The number of nitrogens with one attached hydrogen (secondary N) is 1. The predicted octanol–water partition coefficient (Wildman–Crippen LogP) is 3.43. The number of benzene rings is 1. The average Bonchev–Trinajstić information content (AvgIpc) is 3.09. The third-order valence-corrected chi connectivity index (χ3v) is 3.61. The van der Waals surface area contributed by atoms with Gasteiger partial charge in [0.2, 0.25) is 5.89 Å². The van der Waals surface area contributed by atoms with E-state index in [9.17, 15) is 0 Å². The van der Waals surface area contributed by atoms with Crippen LogP contribution in [0.5, 0.6) is 5.75 Å². The Labute approximate surface area is 116 Å². The normalized spacial score (nSPS) is 18.7. The van der Waals surface area contributed by atoms with E-state index in [2.05, 4.69) is 10.3 Å². The van der Waals surface area contributed by atoms with Crippen LogP contribution >= 0.6 is 11.6 Å². The molecule has 0 spiro atoms. The first-order valence-electron chi connectivity index (χ1n) is 6.31. The summed E-state index contributed by atoms with van der Waals surface area (Å²) >= 11 is 6.11. The molecule has 0 amide bonds. The van der Waals surface area contributed by atoms with Crippen LogP contribution in [0.25, 0.3) is 11.3 Å². The summed E-state index contributed by atoms with van der Waals surface area (Å²) < 4.78 is 10.9. The minimum atomic E-state index is 0.238. The number of hydrogen-bond donors (Lipinski definition) is 1. The summed E-state index contributed by atoms with van der Waals surface area (Å²) in [6.45, 7) is 1.02. The lowest BCUT2D eigenvalue weighted by atomic mass is 10.2. The summed E-state index contributed by atoms with van der Waals surface area (Å²) in [6, 6.07) is 5.81. The summed E-state index contributed by atoms with van der Waals surface area (Å²) in [5, 5.41) is 3.93. The smallest absolute Gasteiger partial charge is 0.212 e. The molecule has 1 aliphatic heterocycles. The molecule has 1 aliphatic rings. The molecule has 0 aliphatic carbocycles. The summed E-state index contributed by atoms with van der Waals surface area (Å²) in [7, 11) is 1.60. The van der Waals surface area contributed by atoms with Crippen molar-refractivity contribution >= 4 is 11.6 Å². The van der Waals surface area contributed by atoms with Crippen molar-refractivity contribution in [3.63, 3.8) is 0 Å². The number of hydrogen-bond acceptors (Lipinski definition) is 4. The highest BCUT2D eigenvalue weighted by Crippen LogP contribution is 2.32. The Morgan fingerprint density at radius 3 is 3.05 bits per heavy atom. The van der Waals surface area contributed by atoms with E-state index in [4.69, 9.17) is 20.8 Å². The van der Waals surface area contributed by atoms with Gasteiger partial charge in [-0.1, -0.05) is 11.6 Å². The molecule has 0 bridgehead atoms. The number of rotatable bonds is 3. The first kappa shape index (κ1) is 12.5. The monoisotopic (exact) mass is 278 g/mol. The molecule has 100 valence electrons. The lowest BCUT2D eigenvalue weighted by molar-refractivity contribution is 0.415. The first-order valence-corrected chi connectivity index (χ1v) is 6.69. The third-order valence-electron chi connectivity index (χ3n) is 3.32. The molecule has 1 aromatic heterocycles. The molecule has 0 saturated carbocycles. The van der Waals surface area contributed by atoms with Crippen LogP contribution in [0.1, 0.15) is 24.8 Å². The van der Waals surface area contributed by atoms with Crippen LogP contribution < -0.4 is 10.1 Å². The van der Waals surface area contributed by atoms with Gasteiger partial charge in [0.15, 0.2) is 5.76 Å². The SMILES string of the molecule is COc1ccc(-c2cnc(C3CCCN3)o2)cc1Cl. The van der Waals surface area contributed by atoms with Gasteiger partial charge < -0.3 is 14.5 Å². The molecule has 4 nitrogen and oxygen atoms in total. The lowest BCUT2D eigenvalue weighted by Crippen LogP contribution is -2.12. The van der Waals surface area contributed by atoms with E-state index in [1.54, 1.807) is 13.3 Å². The van der Waals surface area contributed by atoms with E-state index in [1.807, 2.05) is 18.2 Å². The zero-order valence-electron chi connectivity index (χ0n) is 10.6. The molecule has 1 N–H and O–H groups in total. The van der Waals surface area contributed by atoms with Gasteiger partial charge in [0.1, 0.15) is 5.75 Å². The number of aromatic nitrogens is 1. The fourth-order valence-corrected chi connectivity index (χ4v) is 2.55. The van der Waals surface area contributed by atoms with Crippen LogP contribution in [0.2, 0.25) is 5.02 Å². The Morgan fingerprint density at radius 2 is 2.37 bits per heavy atom. The van der Waals surface area contributed by atoms with Crippen molar-refractivity contribution < 1.29 is 9.15 Å². The Hall–Kier alpha value is -1.52. The minimum absolute atomic E-state index is 0.238. The average molecular weight is 279 g/mol. The highest BCUT2D eigenvalue weighted by molar-refractivity contribution is 6.32. The minimum Gasteiger partial charge on any atom is -0.495 e. The molecule has 0 radical (unpaired) electrons. The van der Waals surface area contributed by atoms with Crippen molar-refractivity contribution in [1.82, 2.24) is 10.3 Å². The van der Waals surface area contributed by atoms with Crippen molar-refractivity contribution in [3.8, 4) is 17.1 Å². The second-order valence-corrected chi connectivity index (χ2v) is 4.97. The topological polar surface area (TPSA) is 47.3 Å². The van der Waals surface area contributed by atoms with Gasteiger partial charge in [0, 0.05) is 5.56 Å². The summed E-state index contributed by atoms with van der Waals surface area (Å²) in [6.07, 6.45) is 3.98. The molecule has 1 saturated heterocycles. The zero-order valence-corrected chi connectivity index (χ0v) is 11.4. The molecule has 1 aromatic carbocycles. The number of oxazole rings is 1. The van der Waals surface area contributed by atoms with Crippen LogP contribution in [0.4, 0.5) is 0 Å². The molecular weight excluding hydrogens is 264 g/mol. The van der Waals surface area contributed by atoms with E-state index in [1.165, 1.54) is 0 Å². The highest BCUT2D eigenvalue weighted by atomic mass is 35.5. The van der Waals surface area contributed by atoms with Gasteiger partial charge in [0.25, 0.3) is 0 Å². The third kappa shape index (κ3) is 2.46. The van der Waals surface area contributed by atoms with Gasteiger partial charge >= 0.3 is 0 Å². The lowest BCUT2D eigenvalue weighted by Gasteiger charge is -2.05. The molecule has 5 heteroatoms. The van der Waals surface area contributed by atoms with E-state index in [0.717, 1.165) is 36.6 Å². The quantitative estimate of drug-likeness (QED) is 0.934. The molecular formula is C14H15ClN2O2. The van der Waals surface area contributed by atoms with E-state index >= 15 is 0 Å². The van der Waals surface area contributed by atoms with Crippen molar-refractivity contribution in [3.05, 3.63) is 35.3 Å². The van der Waals surface area contributed by atoms with Crippen molar-refractivity contribution in [2.45, 2.75) is 18.9 Å². The van der Waals surface area contributed by atoms with Crippen molar-refractivity contribution in [1.29, 1.82) is 0 Å². The fourth-order valence-electron chi connectivity index (χ4n) is 2.30. The highest BCUT2D eigenvalue weighted by Gasteiger charge is 2.21. The second-order valence-electron chi connectivity index (χ2n) is 4.56. The first-order chi connectivity index (χ1) is 9.28. The Balaban J connectivity index is 1.87. The second kappa shape index (κ2) is 5.23. The Kier molecular flexibility index (Phi) is 3.44. The van der Waals surface area contributed by atoms with E-state index < -0.39 is 0 Å². The van der Waals surface area contributed by atoms with Crippen LogP contribution in [0.15, 0.2) is 28.8 Å². The van der Waals surface area contributed by atoms with Crippen molar-refractivity contribution in [2.24, 2.45) is 0 Å². The van der Waals surface area contributed by atoms with Crippen molar-refractivity contribution in [2.75, 3.05) is 13.7 Å².